The zero-order chi connectivity index (χ0) is 11.4. The zero-order valence-corrected chi connectivity index (χ0v) is 9.41. The normalized spacial score (nSPS) is 20.2. The van der Waals surface area contributed by atoms with Crippen molar-refractivity contribution in [1.29, 1.82) is 0 Å². The Bertz CT molecular complexity index is 380. The standard InChI is InChI=1S/C14H17NO/c1-2-11-5-7-12(8-6-11)10-13-4-3-9-15-14(13)16/h2,5-8,13H,1,3-4,9-10H2,(H,15,16). The van der Waals surface area contributed by atoms with Crippen molar-refractivity contribution in [3.8, 4) is 0 Å². The lowest BCUT2D eigenvalue weighted by atomic mass is 9.91. The van der Waals surface area contributed by atoms with Crippen LogP contribution in [0.25, 0.3) is 6.08 Å². The Balaban J connectivity index is 2.02. The Labute approximate surface area is 96.4 Å². The molecule has 2 nitrogen and oxygen atoms in total. The van der Waals surface area contributed by atoms with Crippen LogP contribution >= 0.6 is 0 Å². The van der Waals surface area contributed by atoms with E-state index < -0.39 is 0 Å². The summed E-state index contributed by atoms with van der Waals surface area (Å²) in [5.74, 6) is 0.363. The molecule has 2 heteroatoms. The summed E-state index contributed by atoms with van der Waals surface area (Å²) < 4.78 is 0. The fourth-order valence-corrected chi connectivity index (χ4v) is 2.10. The molecule has 16 heavy (non-hydrogen) atoms. The van der Waals surface area contributed by atoms with Crippen LogP contribution in [0.15, 0.2) is 30.8 Å². The predicted octanol–water partition coefficient (Wildman–Crippen LogP) is 2.40. The van der Waals surface area contributed by atoms with Crippen LogP contribution in [0.1, 0.15) is 24.0 Å². The van der Waals surface area contributed by atoms with Gasteiger partial charge in [0.1, 0.15) is 0 Å². The summed E-state index contributed by atoms with van der Waals surface area (Å²) in [6.07, 6.45) is 4.79. The number of carbonyl (C=O) groups is 1. The number of rotatable bonds is 3. The average molecular weight is 215 g/mol. The van der Waals surface area contributed by atoms with Crippen LogP contribution in [0.2, 0.25) is 0 Å². The van der Waals surface area contributed by atoms with Crippen LogP contribution in [0.4, 0.5) is 0 Å². The summed E-state index contributed by atoms with van der Waals surface area (Å²) in [5.41, 5.74) is 2.35. The molecule has 1 aromatic rings. The van der Waals surface area contributed by atoms with E-state index in [9.17, 15) is 4.79 Å². The number of carbonyl (C=O) groups excluding carboxylic acids is 1. The van der Waals surface area contributed by atoms with E-state index in [-0.39, 0.29) is 11.8 Å². The molecular formula is C14H17NO. The number of nitrogens with one attached hydrogen (secondary N) is 1. The number of hydrogen-bond acceptors (Lipinski definition) is 1. The van der Waals surface area contributed by atoms with Crippen molar-refractivity contribution >= 4 is 12.0 Å². The largest absolute Gasteiger partial charge is 0.356 e. The first-order valence-electron chi connectivity index (χ1n) is 5.78. The molecule has 0 aliphatic carbocycles. The molecule has 0 radical (unpaired) electrons. The summed E-state index contributed by atoms with van der Waals surface area (Å²) >= 11 is 0. The second-order valence-corrected chi connectivity index (χ2v) is 4.28. The maximum Gasteiger partial charge on any atom is 0.223 e. The van der Waals surface area contributed by atoms with E-state index in [4.69, 9.17) is 0 Å². The van der Waals surface area contributed by atoms with Gasteiger partial charge in [-0.2, -0.15) is 0 Å². The molecule has 84 valence electrons. The molecule has 0 bridgehead atoms. The third-order valence-corrected chi connectivity index (χ3v) is 3.10. The van der Waals surface area contributed by atoms with E-state index in [1.54, 1.807) is 0 Å². The molecule has 1 heterocycles. The number of amides is 1. The highest BCUT2D eigenvalue weighted by Crippen LogP contribution is 2.18. The van der Waals surface area contributed by atoms with Crippen molar-refractivity contribution in [3.63, 3.8) is 0 Å². The first-order chi connectivity index (χ1) is 7.79. The lowest BCUT2D eigenvalue weighted by molar-refractivity contribution is -0.126. The predicted molar refractivity (Wildman–Crippen MR) is 66.0 cm³/mol. The van der Waals surface area contributed by atoms with Gasteiger partial charge in [0.05, 0.1) is 0 Å². The van der Waals surface area contributed by atoms with Gasteiger partial charge in [-0.15, -0.1) is 0 Å². The smallest absolute Gasteiger partial charge is 0.223 e. The molecule has 0 saturated carbocycles. The minimum Gasteiger partial charge on any atom is -0.356 e. The lowest BCUT2D eigenvalue weighted by Gasteiger charge is -2.21. The van der Waals surface area contributed by atoms with Crippen molar-refractivity contribution in [2.24, 2.45) is 5.92 Å². The molecule has 1 aromatic carbocycles. The highest BCUT2D eigenvalue weighted by molar-refractivity contribution is 5.79. The monoisotopic (exact) mass is 215 g/mol. The second-order valence-electron chi connectivity index (χ2n) is 4.28. The van der Waals surface area contributed by atoms with Crippen LogP contribution in [-0.4, -0.2) is 12.5 Å². The van der Waals surface area contributed by atoms with Crippen molar-refractivity contribution in [1.82, 2.24) is 5.32 Å². The first kappa shape index (κ1) is 10.9. The van der Waals surface area contributed by atoms with Crippen molar-refractivity contribution in [3.05, 3.63) is 42.0 Å². The molecule has 2 rings (SSSR count). The Morgan fingerprint density at radius 1 is 1.38 bits per heavy atom. The van der Waals surface area contributed by atoms with E-state index in [1.807, 2.05) is 18.2 Å². The van der Waals surface area contributed by atoms with Gasteiger partial charge < -0.3 is 5.32 Å². The molecule has 1 N–H and O–H groups in total. The average Bonchev–Trinajstić information content (AvgIpc) is 2.33. The molecule has 1 unspecified atom stereocenters. The molecule has 1 amide bonds. The fraction of sp³-hybridized carbons (Fsp3) is 0.357. The molecule has 0 aromatic heterocycles. The van der Waals surface area contributed by atoms with Crippen LogP contribution in [0.3, 0.4) is 0 Å². The molecule has 1 atom stereocenters. The van der Waals surface area contributed by atoms with Crippen LogP contribution in [0.5, 0.6) is 0 Å². The van der Waals surface area contributed by atoms with E-state index in [0.717, 1.165) is 31.4 Å². The van der Waals surface area contributed by atoms with Crippen molar-refractivity contribution in [2.75, 3.05) is 6.54 Å². The maximum atomic E-state index is 11.6. The highest BCUT2D eigenvalue weighted by Gasteiger charge is 2.21. The Hall–Kier alpha value is -1.57. The van der Waals surface area contributed by atoms with Gasteiger partial charge in [-0.3, -0.25) is 4.79 Å². The van der Waals surface area contributed by atoms with Gasteiger partial charge >= 0.3 is 0 Å². The van der Waals surface area contributed by atoms with Gasteiger partial charge in [-0.1, -0.05) is 36.9 Å². The van der Waals surface area contributed by atoms with E-state index >= 15 is 0 Å². The minimum absolute atomic E-state index is 0.156. The lowest BCUT2D eigenvalue weighted by Crippen LogP contribution is -2.37. The highest BCUT2D eigenvalue weighted by atomic mass is 16.1. The molecular weight excluding hydrogens is 198 g/mol. The van der Waals surface area contributed by atoms with Gasteiger partial charge in [0, 0.05) is 12.5 Å². The van der Waals surface area contributed by atoms with Gasteiger partial charge in [-0.05, 0) is 30.4 Å². The molecule has 0 spiro atoms. The topological polar surface area (TPSA) is 29.1 Å². The first-order valence-corrected chi connectivity index (χ1v) is 5.78. The van der Waals surface area contributed by atoms with E-state index in [1.165, 1.54) is 5.56 Å². The zero-order valence-electron chi connectivity index (χ0n) is 9.41. The molecule has 1 saturated heterocycles. The van der Waals surface area contributed by atoms with Gasteiger partial charge in [0.25, 0.3) is 0 Å². The second kappa shape index (κ2) is 4.97. The van der Waals surface area contributed by atoms with E-state index in [2.05, 4.69) is 24.0 Å². The van der Waals surface area contributed by atoms with Crippen LogP contribution in [-0.2, 0) is 11.2 Å². The van der Waals surface area contributed by atoms with Crippen molar-refractivity contribution < 1.29 is 4.79 Å². The molecule has 1 aliphatic rings. The Morgan fingerprint density at radius 2 is 2.12 bits per heavy atom. The van der Waals surface area contributed by atoms with Gasteiger partial charge in [0.2, 0.25) is 5.91 Å². The summed E-state index contributed by atoms with van der Waals surface area (Å²) in [4.78, 5) is 11.6. The van der Waals surface area contributed by atoms with Gasteiger partial charge in [0.15, 0.2) is 0 Å². The SMILES string of the molecule is C=Cc1ccc(CC2CCCNC2=O)cc1. The molecule has 1 aliphatic heterocycles. The third kappa shape index (κ3) is 2.51. The minimum atomic E-state index is 0.156. The van der Waals surface area contributed by atoms with Crippen LogP contribution in [0, 0.1) is 5.92 Å². The third-order valence-electron chi connectivity index (χ3n) is 3.10. The molecule has 1 fully saturated rings. The number of hydrogen-bond donors (Lipinski definition) is 1. The summed E-state index contributed by atoms with van der Waals surface area (Å²) in [6, 6.07) is 8.25. The van der Waals surface area contributed by atoms with Crippen LogP contribution < -0.4 is 5.32 Å². The Morgan fingerprint density at radius 3 is 2.75 bits per heavy atom. The quantitative estimate of drug-likeness (QED) is 0.824. The van der Waals surface area contributed by atoms with E-state index in [0.29, 0.717) is 0 Å². The summed E-state index contributed by atoms with van der Waals surface area (Å²) in [6.45, 7) is 4.56. The summed E-state index contributed by atoms with van der Waals surface area (Å²) in [7, 11) is 0. The Kier molecular flexibility index (Phi) is 3.40. The maximum absolute atomic E-state index is 11.6. The fourth-order valence-electron chi connectivity index (χ4n) is 2.10. The summed E-state index contributed by atoms with van der Waals surface area (Å²) in [5, 5.41) is 2.92. The number of piperidine rings is 1. The van der Waals surface area contributed by atoms with Crippen molar-refractivity contribution in [2.45, 2.75) is 19.3 Å². The van der Waals surface area contributed by atoms with Gasteiger partial charge in [-0.25, -0.2) is 0 Å². The number of benzene rings is 1.